The van der Waals surface area contributed by atoms with Crippen LogP contribution in [0.3, 0.4) is 0 Å². The van der Waals surface area contributed by atoms with Gasteiger partial charge in [-0.1, -0.05) is 17.7 Å². The van der Waals surface area contributed by atoms with E-state index in [9.17, 15) is 22.0 Å². The molecule has 118 valence electrons. The van der Waals surface area contributed by atoms with E-state index in [-0.39, 0.29) is 5.56 Å². The molecule has 1 heterocycles. The molecule has 1 N–H and O–H groups in total. The van der Waals surface area contributed by atoms with Gasteiger partial charge in [-0.3, -0.25) is 4.90 Å². The SMILES string of the molecule is FC(F)[C@@H](c1ccc(Cl)c(C(F)(F)F)c1)N1CCNCC1. The first-order valence-electron chi connectivity index (χ1n) is 6.40. The summed E-state index contributed by atoms with van der Waals surface area (Å²) in [6.45, 7) is 1.78. The molecular weight excluding hydrogens is 315 g/mol. The Morgan fingerprint density at radius 2 is 1.76 bits per heavy atom. The topological polar surface area (TPSA) is 15.3 Å². The molecule has 2 rings (SSSR count). The van der Waals surface area contributed by atoms with Crippen molar-refractivity contribution in [1.82, 2.24) is 10.2 Å². The zero-order chi connectivity index (χ0) is 15.6. The molecule has 21 heavy (non-hydrogen) atoms. The van der Waals surface area contributed by atoms with Crippen LogP contribution >= 0.6 is 11.6 Å². The smallest absolute Gasteiger partial charge is 0.314 e. The van der Waals surface area contributed by atoms with Gasteiger partial charge < -0.3 is 5.32 Å². The molecule has 0 bridgehead atoms. The molecule has 1 aromatic carbocycles. The third kappa shape index (κ3) is 3.84. The minimum atomic E-state index is -4.66. The average Bonchev–Trinajstić information content (AvgIpc) is 2.40. The van der Waals surface area contributed by atoms with Crippen LogP contribution in [0.5, 0.6) is 0 Å². The lowest BCUT2D eigenvalue weighted by Crippen LogP contribution is -2.46. The Labute approximate surface area is 123 Å². The predicted molar refractivity (Wildman–Crippen MR) is 69.6 cm³/mol. The quantitative estimate of drug-likeness (QED) is 0.853. The Kier molecular flexibility index (Phi) is 5.06. The molecule has 0 spiro atoms. The van der Waals surface area contributed by atoms with Crippen molar-refractivity contribution in [1.29, 1.82) is 0 Å². The van der Waals surface area contributed by atoms with Gasteiger partial charge in [-0.15, -0.1) is 0 Å². The van der Waals surface area contributed by atoms with Gasteiger partial charge in [0.2, 0.25) is 0 Å². The summed E-state index contributed by atoms with van der Waals surface area (Å²) in [5.41, 5.74) is -1.15. The van der Waals surface area contributed by atoms with Crippen molar-refractivity contribution in [2.24, 2.45) is 0 Å². The van der Waals surface area contributed by atoms with Crippen molar-refractivity contribution in [2.45, 2.75) is 18.6 Å². The summed E-state index contributed by atoms with van der Waals surface area (Å²) >= 11 is 5.52. The zero-order valence-corrected chi connectivity index (χ0v) is 11.7. The van der Waals surface area contributed by atoms with Crippen LogP contribution in [0.2, 0.25) is 5.02 Å². The predicted octanol–water partition coefficient (Wildman–Crippen LogP) is 3.57. The highest BCUT2D eigenvalue weighted by Crippen LogP contribution is 2.38. The molecule has 8 heteroatoms. The number of alkyl halides is 5. The highest BCUT2D eigenvalue weighted by Gasteiger charge is 2.36. The Balaban J connectivity index is 2.36. The normalized spacial score (nSPS) is 19.0. The molecule has 1 saturated heterocycles. The number of benzene rings is 1. The van der Waals surface area contributed by atoms with E-state index in [1.165, 1.54) is 11.0 Å². The fourth-order valence-electron chi connectivity index (χ4n) is 2.42. The van der Waals surface area contributed by atoms with Crippen molar-refractivity contribution in [2.75, 3.05) is 26.2 Å². The summed E-state index contributed by atoms with van der Waals surface area (Å²) in [6, 6.07) is 1.63. The van der Waals surface area contributed by atoms with E-state index >= 15 is 0 Å². The molecular formula is C13H14ClF5N2. The van der Waals surface area contributed by atoms with Crippen molar-refractivity contribution in [3.8, 4) is 0 Å². The van der Waals surface area contributed by atoms with Crippen LogP contribution in [0.1, 0.15) is 17.2 Å². The van der Waals surface area contributed by atoms with Crippen LogP contribution in [-0.2, 0) is 6.18 Å². The van der Waals surface area contributed by atoms with Gasteiger partial charge in [-0.25, -0.2) is 8.78 Å². The number of hydrogen-bond donors (Lipinski definition) is 1. The molecule has 1 aliphatic heterocycles. The fourth-order valence-corrected chi connectivity index (χ4v) is 2.64. The molecule has 0 amide bonds. The second-order valence-corrected chi connectivity index (χ2v) is 5.21. The van der Waals surface area contributed by atoms with E-state index < -0.39 is 29.2 Å². The Bertz CT molecular complexity index is 486. The van der Waals surface area contributed by atoms with Gasteiger partial charge in [0.15, 0.2) is 0 Å². The van der Waals surface area contributed by atoms with E-state index in [1.54, 1.807) is 0 Å². The Morgan fingerprint density at radius 1 is 1.14 bits per heavy atom. The van der Waals surface area contributed by atoms with Crippen LogP contribution < -0.4 is 5.32 Å². The van der Waals surface area contributed by atoms with E-state index in [2.05, 4.69) is 5.32 Å². The number of halogens is 6. The minimum Gasteiger partial charge on any atom is -0.314 e. The molecule has 0 aliphatic carbocycles. The second kappa shape index (κ2) is 6.46. The fraction of sp³-hybridized carbons (Fsp3) is 0.538. The molecule has 1 fully saturated rings. The zero-order valence-electron chi connectivity index (χ0n) is 10.9. The number of nitrogens with zero attached hydrogens (tertiary/aromatic N) is 1. The lowest BCUT2D eigenvalue weighted by Gasteiger charge is -2.35. The van der Waals surface area contributed by atoms with Gasteiger partial charge in [0, 0.05) is 26.2 Å². The first-order chi connectivity index (χ1) is 9.80. The van der Waals surface area contributed by atoms with Crippen LogP contribution in [0, 0.1) is 0 Å². The highest BCUT2D eigenvalue weighted by molar-refractivity contribution is 6.31. The molecule has 0 aromatic heterocycles. The minimum absolute atomic E-state index is 0.0661. The summed E-state index contributed by atoms with van der Waals surface area (Å²) in [5, 5.41) is 2.53. The van der Waals surface area contributed by atoms with Crippen molar-refractivity contribution < 1.29 is 22.0 Å². The molecule has 0 saturated carbocycles. The van der Waals surface area contributed by atoms with Gasteiger partial charge in [0.1, 0.15) is 0 Å². The number of nitrogens with one attached hydrogen (secondary N) is 1. The maximum atomic E-state index is 13.3. The first-order valence-corrected chi connectivity index (χ1v) is 6.78. The van der Waals surface area contributed by atoms with Crippen LogP contribution in [0.15, 0.2) is 18.2 Å². The second-order valence-electron chi connectivity index (χ2n) is 4.80. The monoisotopic (exact) mass is 328 g/mol. The molecule has 0 radical (unpaired) electrons. The summed E-state index contributed by atoms with van der Waals surface area (Å²) < 4.78 is 65.2. The number of piperazine rings is 1. The summed E-state index contributed by atoms with van der Waals surface area (Å²) in [4.78, 5) is 1.49. The van der Waals surface area contributed by atoms with Crippen LogP contribution in [0.4, 0.5) is 22.0 Å². The maximum Gasteiger partial charge on any atom is 0.417 e. The van der Waals surface area contributed by atoms with Crippen LogP contribution in [0.25, 0.3) is 0 Å². The van der Waals surface area contributed by atoms with Crippen molar-refractivity contribution in [3.63, 3.8) is 0 Å². The molecule has 0 unspecified atom stereocenters. The molecule has 1 atom stereocenters. The van der Waals surface area contributed by atoms with Crippen molar-refractivity contribution in [3.05, 3.63) is 34.3 Å². The number of rotatable bonds is 3. The van der Waals surface area contributed by atoms with Gasteiger partial charge in [-0.2, -0.15) is 13.2 Å². The third-order valence-corrected chi connectivity index (χ3v) is 3.75. The molecule has 1 aromatic rings. The Morgan fingerprint density at radius 3 is 2.29 bits per heavy atom. The first kappa shape index (κ1) is 16.5. The lowest BCUT2D eigenvalue weighted by molar-refractivity contribution is -0.137. The van der Waals surface area contributed by atoms with E-state index in [4.69, 9.17) is 11.6 Å². The average molecular weight is 329 g/mol. The van der Waals surface area contributed by atoms with E-state index in [0.717, 1.165) is 12.1 Å². The van der Waals surface area contributed by atoms with E-state index in [0.29, 0.717) is 26.2 Å². The van der Waals surface area contributed by atoms with E-state index in [1.807, 2.05) is 0 Å². The molecule has 1 aliphatic rings. The standard InChI is InChI=1S/C13H14ClF5N2/c14-10-2-1-8(7-9(10)13(17,18)19)11(12(15)16)21-5-3-20-4-6-21/h1-2,7,11-12,20H,3-6H2/t11-/m1/s1. The summed E-state index contributed by atoms with van der Waals surface area (Å²) in [5.74, 6) is 0. The van der Waals surface area contributed by atoms with Gasteiger partial charge in [0.25, 0.3) is 6.43 Å². The summed E-state index contributed by atoms with van der Waals surface area (Å²) in [7, 11) is 0. The number of hydrogen-bond acceptors (Lipinski definition) is 2. The lowest BCUT2D eigenvalue weighted by atomic mass is 10.0. The maximum absolute atomic E-state index is 13.3. The third-order valence-electron chi connectivity index (χ3n) is 3.42. The van der Waals surface area contributed by atoms with Crippen molar-refractivity contribution >= 4 is 11.6 Å². The Hall–Kier alpha value is -0.920. The van der Waals surface area contributed by atoms with Gasteiger partial charge >= 0.3 is 6.18 Å². The van der Waals surface area contributed by atoms with Crippen LogP contribution in [-0.4, -0.2) is 37.5 Å². The largest absolute Gasteiger partial charge is 0.417 e. The summed E-state index contributed by atoms with van der Waals surface area (Å²) in [6.07, 6.45) is -7.44. The van der Waals surface area contributed by atoms with Gasteiger partial charge in [0.05, 0.1) is 16.6 Å². The molecule has 2 nitrogen and oxygen atoms in total. The highest BCUT2D eigenvalue weighted by atomic mass is 35.5. The van der Waals surface area contributed by atoms with Gasteiger partial charge in [-0.05, 0) is 17.7 Å².